The van der Waals surface area contributed by atoms with Crippen LogP contribution in [0.2, 0.25) is 0 Å². The Labute approximate surface area is 85.7 Å². The van der Waals surface area contributed by atoms with Gasteiger partial charge in [0.1, 0.15) is 0 Å². The van der Waals surface area contributed by atoms with Crippen LogP contribution in [-0.2, 0) is 13.5 Å². The Balaban J connectivity index is 1.99. The van der Waals surface area contributed by atoms with Crippen molar-refractivity contribution in [2.24, 2.45) is 7.05 Å². The molecule has 1 rings (SSSR count). The molecule has 0 aliphatic carbocycles. The fourth-order valence-electron chi connectivity index (χ4n) is 1.37. The molecule has 14 heavy (non-hydrogen) atoms. The minimum absolute atomic E-state index is 1.04. The largest absolute Gasteiger partial charge is 0.317 e. The lowest BCUT2D eigenvalue weighted by Crippen LogP contribution is -2.15. The first-order valence-electron chi connectivity index (χ1n) is 5.39. The molecule has 1 aromatic heterocycles. The van der Waals surface area contributed by atoms with E-state index >= 15 is 0 Å². The smallest absolute Gasteiger partial charge is 0.0827 e. The number of aromatic nitrogens is 3. The maximum Gasteiger partial charge on any atom is 0.0827 e. The van der Waals surface area contributed by atoms with Gasteiger partial charge in [0.15, 0.2) is 0 Å². The van der Waals surface area contributed by atoms with Gasteiger partial charge in [0.25, 0.3) is 0 Å². The van der Waals surface area contributed by atoms with Crippen molar-refractivity contribution in [1.82, 2.24) is 20.3 Å². The van der Waals surface area contributed by atoms with E-state index in [4.69, 9.17) is 0 Å². The third kappa shape index (κ3) is 4.37. The van der Waals surface area contributed by atoms with Crippen molar-refractivity contribution in [3.8, 4) is 0 Å². The van der Waals surface area contributed by atoms with Gasteiger partial charge in [0, 0.05) is 13.2 Å². The standard InChI is InChI=1S/C10H20N4/c1-3-7-11-8-5-4-6-10-9-14(2)13-12-10/h9,11H,3-8H2,1-2H3. The van der Waals surface area contributed by atoms with Crippen molar-refractivity contribution in [2.75, 3.05) is 13.1 Å². The van der Waals surface area contributed by atoms with Crippen LogP contribution in [0.5, 0.6) is 0 Å². The molecule has 0 spiro atoms. The van der Waals surface area contributed by atoms with E-state index in [0.717, 1.165) is 25.2 Å². The van der Waals surface area contributed by atoms with E-state index in [9.17, 15) is 0 Å². The van der Waals surface area contributed by atoms with Gasteiger partial charge < -0.3 is 5.32 Å². The lowest BCUT2D eigenvalue weighted by atomic mass is 10.2. The summed E-state index contributed by atoms with van der Waals surface area (Å²) in [5.74, 6) is 0. The van der Waals surface area contributed by atoms with E-state index < -0.39 is 0 Å². The van der Waals surface area contributed by atoms with Gasteiger partial charge in [0.05, 0.1) is 5.69 Å². The summed E-state index contributed by atoms with van der Waals surface area (Å²) in [6.45, 7) is 4.44. The number of unbranched alkanes of at least 4 members (excludes halogenated alkanes) is 1. The Bertz CT molecular complexity index is 244. The molecule has 0 atom stereocenters. The summed E-state index contributed by atoms with van der Waals surface area (Å²) >= 11 is 0. The van der Waals surface area contributed by atoms with Crippen LogP contribution in [0.15, 0.2) is 6.20 Å². The van der Waals surface area contributed by atoms with Crippen LogP contribution in [0.4, 0.5) is 0 Å². The fourth-order valence-corrected chi connectivity index (χ4v) is 1.37. The van der Waals surface area contributed by atoms with E-state index in [1.54, 1.807) is 4.68 Å². The zero-order chi connectivity index (χ0) is 10.2. The predicted molar refractivity (Wildman–Crippen MR) is 57.1 cm³/mol. The zero-order valence-electron chi connectivity index (χ0n) is 9.16. The molecule has 0 amide bonds. The van der Waals surface area contributed by atoms with Crippen LogP contribution in [0.3, 0.4) is 0 Å². The number of hydrogen-bond donors (Lipinski definition) is 1. The van der Waals surface area contributed by atoms with Crippen LogP contribution in [-0.4, -0.2) is 28.1 Å². The molecule has 0 bridgehead atoms. The Hall–Kier alpha value is -0.900. The number of aryl methyl sites for hydroxylation is 2. The molecule has 0 aliphatic rings. The highest BCUT2D eigenvalue weighted by Crippen LogP contribution is 1.99. The number of rotatable bonds is 7. The lowest BCUT2D eigenvalue weighted by molar-refractivity contribution is 0.613. The molecular weight excluding hydrogens is 176 g/mol. The van der Waals surface area contributed by atoms with Gasteiger partial charge in [0.2, 0.25) is 0 Å². The maximum absolute atomic E-state index is 4.04. The Morgan fingerprint density at radius 2 is 2.21 bits per heavy atom. The molecule has 4 nitrogen and oxygen atoms in total. The van der Waals surface area contributed by atoms with Crippen LogP contribution in [0.1, 0.15) is 31.9 Å². The lowest BCUT2D eigenvalue weighted by Gasteiger charge is -2.00. The van der Waals surface area contributed by atoms with Crippen LogP contribution >= 0.6 is 0 Å². The van der Waals surface area contributed by atoms with Gasteiger partial charge in [-0.15, -0.1) is 5.10 Å². The summed E-state index contributed by atoms with van der Waals surface area (Å²) in [7, 11) is 1.90. The van der Waals surface area contributed by atoms with Gasteiger partial charge >= 0.3 is 0 Å². The second-order valence-corrected chi connectivity index (χ2v) is 3.59. The summed E-state index contributed by atoms with van der Waals surface area (Å²) in [5.41, 5.74) is 1.10. The summed E-state index contributed by atoms with van der Waals surface area (Å²) in [6.07, 6.45) is 6.65. The second kappa shape index (κ2) is 6.54. The van der Waals surface area contributed by atoms with Crippen molar-refractivity contribution in [3.63, 3.8) is 0 Å². The average Bonchev–Trinajstić information content (AvgIpc) is 2.58. The topological polar surface area (TPSA) is 42.7 Å². The molecule has 0 aromatic carbocycles. The SMILES string of the molecule is CCCNCCCCc1cn(C)nn1. The van der Waals surface area contributed by atoms with Gasteiger partial charge in [-0.25, -0.2) is 0 Å². The molecule has 0 saturated heterocycles. The van der Waals surface area contributed by atoms with Crippen molar-refractivity contribution in [1.29, 1.82) is 0 Å². The van der Waals surface area contributed by atoms with Crippen molar-refractivity contribution < 1.29 is 0 Å². The summed E-state index contributed by atoms with van der Waals surface area (Å²) in [4.78, 5) is 0. The number of hydrogen-bond acceptors (Lipinski definition) is 3. The number of nitrogens with zero attached hydrogens (tertiary/aromatic N) is 3. The van der Waals surface area contributed by atoms with Gasteiger partial charge in [-0.2, -0.15) is 0 Å². The molecule has 80 valence electrons. The molecule has 1 aromatic rings. The van der Waals surface area contributed by atoms with Crippen LogP contribution in [0.25, 0.3) is 0 Å². The molecule has 0 saturated carbocycles. The second-order valence-electron chi connectivity index (χ2n) is 3.59. The maximum atomic E-state index is 4.04. The predicted octanol–water partition coefficient (Wildman–Crippen LogP) is 1.14. The first-order chi connectivity index (χ1) is 6.83. The Kier molecular flexibility index (Phi) is 5.22. The van der Waals surface area contributed by atoms with Crippen LogP contribution in [0, 0.1) is 0 Å². The molecule has 0 fully saturated rings. The summed E-state index contributed by atoms with van der Waals surface area (Å²) < 4.78 is 1.75. The normalized spacial score (nSPS) is 10.7. The van der Waals surface area contributed by atoms with E-state index in [1.807, 2.05) is 13.2 Å². The van der Waals surface area contributed by atoms with E-state index in [1.165, 1.54) is 19.3 Å². The van der Waals surface area contributed by atoms with E-state index in [0.29, 0.717) is 0 Å². The van der Waals surface area contributed by atoms with Gasteiger partial charge in [-0.3, -0.25) is 4.68 Å². The van der Waals surface area contributed by atoms with Crippen molar-refractivity contribution in [2.45, 2.75) is 32.6 Å². The van der Waals surface area contributed by atoms with E-state index in [-0.39, 0.29) is 0 Å². The molecule has 4 heteroatoms. The quantitative estimate of drug-likeness (QED) is 0.665. The Morgan fingerprint density at radius 1 is 1.36 bits per heavy atom. The van der Waals surface area contributed by atoms with Crippen molar-refractivity contribution in [3.05, 3.63) is 11.9 Å². The average molecular weight is 196 g/mol. The van der Waals surface area contributed by atoms with Gasteiger partial charge in [-0.1, -0.05) is 12.1 Å². The molecule has 0 unspecified atom stereocenters. The monoisotopic (exact) mass is 196 g/mol. The minimum Gasteiger partial charge on any atom is -0.317 e. The summed E-state index contributed by atoms with van der Waals surface area (Å²) in [6, 6.07) is 0. The first kappa shape index (κ1) is 11.2. The zero-order valence-corrected chi connectivity index (χ0v) is 9.16. The van der Waals surface area contributed by atoms with E-state index in [2.05, 4.69) is 22.6 Å². The summed E-state index contributed by atoms with van der Waals surface area (Å²) in [5, 5.41) is 11.3. The highest BCUT2D eigenvalue weighted by Gasteiger charge is 1.97. The first-order valence-corrected chi connectivity index (χ1v) is 5.39. The molecular formula is C10H20N4. The number of nitrogens with one attached hydrogen (secondary N) is 1. The third-order valence-electron chi connectivity index (χ3n) is 2.11. The Morgan fingerprint density at radius 3 is 2.86 bits per heavy atom. The highest BCUT2D eigenvalue weighted by atomic mass is 15.4. The third-order valence-corrected chi connectivity index (χ3v) is 2.11. The minimum atomic E-state index is 1.04. The molecule has 1 heterocycles. The van der Waals surface area contributed by atoms with Gasteiger partial charge in [-0.05, 0) is 38.8 Å². The molecule has 0 radical (unpaired) electrons. The molecule has 1 N–H and O–H groups in total. The highest BCUT2D eigenvalue weighted by molar-refractivity contribution is 4.91. The molecule has 0 aliphatic heterocycles. The van der Waals surface area contributed by atoms with Crippen molar-refractivity contribution >= 4 is 0 Å². The fraction of sp³-hybridized carbons (Fsp3) is 0.800. The van der Waals surface area contributed by atoms with Crippen LogP contribution < -0.4 is 5.32 Å².